The molecular weight excluding hydrogens is 408 g/mol. The Labute approximate surface area is 192 Å². The highest BCUT2D eigenvalue weighted by Gasteiger charge is 2.24. The number of benzene rings is 1. The van der Waals surface area contributed by atoms with Gasteiger partial charge in [-0.05, 0) is 43.4 Å². The van der Waals surface area contributed by atoms with Crippen molar-refractivity contribution in [3.05, 3.63) is 23.8 Å². The summed E-state index contributed by atoms with van der Waals surface area (Å²) < 4.78 is 22.4. The van der Waals surface area contributed by atoms with E-state index in [0.717, 1.165) is 76.0 Å². The summed E-state index contributed by atoms with van der Waals surface area (Å²) in [5.74, 6) is 3.17. The molecule has 1 aromatic carbocycles. The van der Waals surface area contributed by atoms with Gasteiger partial charge in [0.05, 0.1) is 46.6 Å². The van der Waals surface area contributed by atoms with Crippen LogP contribution in [0.5, 0.6) is 11.5 Å². The molecule has 1 heterocycles. The van der Waals surface area contributed by atoms with Crippen molar-refractivity contribution in [1.29, 1.82) is 0 Å². The van der Waals surface area contributed by atoms with E-state index < -0.39 is 0 Å². The van der Waals surface area contributed by atoms with E-state index in [-0.39, 0.29) is 6.04 Å². The van der Waals surface area contributed by atoms with Crippen molar-refractivity contribution in [1.82, 2.24) is 15.1 Å². The maximum Gasteiger partial charge on any atom is 0.193 e. The molecule has 0 radical (unpaired) electrons. The smallest absolute Gasteiger partial charge is 0.193 e. The van der Waals surface area contributed by atoms with Gasteiger partial charge in [0.1, 0.15) is 0 Å². The largest absolute Gasteiger partial charge is 0.493 e. The minimum Gasteiger partial charge on any atom is -0.493 e. The van der Waals surface area contributed by atoms with Gasteiger partial charge >= 0.3 is 0 Å². The van der Waals surface area contributed by atoms with Gasteiger partial charge in [0, 0.05) is 39.8 Å². The minimum atomic E-state index is 0.131. The summed E-state index contributed by atoms with van der Waals surface area (Å²) in [6.07, 6.45) is 2.64. The van der Waals surface area contributed by atoms with Crippen molar-refractivity contribution in [3.8, 4) is 11.5 Å². The zero-order chi connectivity index (χ0) is 22.8. The fourth-order valence-corrected chi connectivity index (χ4v) is 3.87. The summed E-state index contributed by atoms with van der Waals surface area (Å²) in [5, 5.41) is 3.43. The second kappa shape index (κ2) is 12.9. The van der Waals surface area contributed by atoms with Crippen LogP contribution in [0.3, 0.4) is 0 Å². The molecule has 8 heteroatoms. The first-order valence-corrected chi connectivity index (χ1v) is 11.8. The topological polar surface area (TPSA) is 67.8 Å². The van der Waals surface area contributed by atoms with E-state index in [2.05, 4.69) is 41.2 Å². The standard InChI is InChI=1S/C24H40N4O4/c1-5-25-24(27(2)10-13-32-18-19-6-7-19)26-17-21(28-11-14-31-15-12-28)20-8-9-22(29-3)23(16-20)30-4/h8-9,16,19,21H,5-7,10-15,17-18H2,1-4H3,(H,25,26). The third-order valence-electron chi connectivity index (χ3n) is 6.01. The molecule has 1 saturated heterocycles. The first kappa shape index (κ1) is 24.6. The van der Waals surface area contributed by atoms with Gasteiger partial charge in [-0.15, -0.1) is 0 Å². The normalized spacial score (nSPS) is 18.3. The van der Waals surface area contributed by atoms with Gasteiger partial charge in [-0.3, -0.25) is 9.89 Å². The van der Waals surface area contributed by atoms with E-state index in [1.54, 1.807) is 14.2 Å². The first-order valence-electron chi connectivity index (χ1n) is 11.8. The Kier molecular flexibility index (Phi) is 9.89. The molecule has 2 fully saturated rings. The van der Waals surface area contributed by atoms with Crippen molar-refractivity contribution in [2.75, 3.05) is 80.4 Å². The maximum atomic E-state index is 5.82. The number of hydrogen-bond acceptors (Lipinski definition) is 6. The summed E-state index contributed by atoms with van der Waals surface area (Å²) in [4.78, 5) is 9.61. The molecule has 1 atom stereocenters. The summed E-state index contributed by atoms with van der Waals surface area (Å²) in [6, 6.07) is 6.28. The minimum absolute atomic E-state index is 0.131. The van der Waals surface area contributed by atoms with Crippen LogP contribution in [0.15, 0.2) is 23.2 Å². The molecular formula is C24H40N4O4. The number of hydrogen-bond donors (Lipinski definition) is 1. The number of methoxy groups -OCH3 is 2. The summed E-state index contributed by atoms with van der Waals surface area (Å²) >= 11 is 0. The van der Waals surface area contributed by atoms with Crippen LogP contribution in [0.1, 0.15) is 31.4 Å². The van der Waals surface area contributed by atoms with Gasteiger partial charge in [-0.25, -0.2) is 0 Å². The zero-order valence-corrected chi connectivity index (χ0v) is 20.1. The SMILES string of the molecule is CCNC(=NCC(c1ccc(OC)c(OC)c1)N1CCOCC1)N(C)CCOCC1CC1. The number of rotatable bonds is 12. The number of guanidine groups is 1. The molecule has 32 heavy (non-hydrogen) atoms. The van der Waals surface area contributed by atoms with Gasteiger partial charge in [0.15, 0.2) is 17.5 Å². The number of nitrogens with zero attached hydrogens (tertiary/aromatic N) is 3. The summed E-state index contributed by atoms with van der Waals surface area (Å²) in [6.45, 7) is 9.25. The van der Waals surface area contributed by atoms with Crippen LogP contribution in [-0.2, 0) is 9.47 Å². The average Bonchev–Trinajstić information content (AvgIpc) is 3.66. The number of ether oxygens (including phenoxy) is 4. The highest BCUT2D eigenvalue weighted by atomic mass is 16.5. The van der Waals surface area contributed by atoms with Crippen LogP contribution in [-0.4, -0.2) is 96.2 Å². The molecule has 0 bridgehead atoms. The van der Waals surface area contributed by atoms with Gasteiger partial charge < -0.3 is 29.2 Å². The van der Waals surface area contributed by atoms with Crippen molar-refractivity contribution in [2.24, 2.45) is 10.9 Å². The van der Waals surface area contributed by atoms with Crippen molar-refractivity contribution in [3.63, 3.8) is 0 Å². The maximum absolute atomic E-state index is 5.82. The predicted octanol–water partition coefficient (Wildman–Crippen LogP) is 2.40. The van der Waals surface area contributed by atoms with Crippen LogP contribution in [0, 0.1) is 5.92 Å². The number of nitrogens with one attached hydrogen (secondary N) is 1. The Balaban J connectivity index is 1.71. The van der Waals surface area contributed by atoms with Crippen molar-refractivity contribution < 1.29 is 18.9 Å². The molecule has 1 saturated carbocycles. The molecule has 1 N–H and O–H groups in total. The Bertz CT molecular complexity index is 720. The molecule has 0 spiro atoms. The van der Waals surface area contributed by atoms with Crippen LogP contribution >= 0.6 is 0 Å². The van der Waals surface area contributed by atoms with E-state index in [1.807, 2.05) is 6.07 Å². The Morgan fingerprint density at radius 3 is 2.62 bits per heavy atom. The third-order valence-corrected chi connectivity index (χ3v) is 6.01. The van der Waals surface area contributed by atoms with Gasteiger partial charge in [-0.2, -0.15) is 0 Å². The third kappa shape index (κ3) is 7.25. The molecule has 180 valence electrons. The highest BCUT2D eigenvalue weighted by Crippen LogP contribution is 2.32. The second-order valence-electron chi connectivity index (χ2n) is 8.41. The lowest BCUT2D eigenvalue weighted by Crippen LogP contribution is -2.43. The molecule has 8 nitrogen and oxygen atoms in total. The average molecular weight is 449 g/mol. The van der Waals surface area contributed by atoms with Gasteiger partial charge in [0.25, 0.3) is 0 Å². The fourth-order valence-electron chi connectivity index (χ4n) is 3.87. The van der Waals surface area contributed by atoms with Crippen molar-refractivity contribution in [2.45, 2.75) is 25.8 Å². The van der Waals surface area contributed by atoms with Crippen LogP contribution in [0.4, 0.5) is 0 Å². The van der Waals surface area contributed by atoms with Gasteiger partial charge in [0.2, 0.25) is 0 Å². The lowest BCUT2D eigenvalue weighted by Gasteiger charge is -2.34. The van der Waals surface area contributed by atoms with E-state index >= 15 is 0 Å². The quantitative estimate of drug-likeness (QED) is 0.299. The zero-order valence-electron chi connectivity index (χ0n) is 20.1. The van der Waals surface area contributed by atoms with E-state index in [1.165, 1.54) is 18.4 Å². The van der Waals surface area contributed by atoms with E-state index in [4.69, 9.17) is 23.9 Å². The van der Waals surface area contributed by atoms with E-state index in [0.29, 0.717) is 6.54 Å². The summed E-state index contributed by atoms with van der Waals surface area (Å²) in [5.41, 5.74) is 1.17. The Morgan fingerprint density at radius 1 is 1.22 bits per heavy atom. The lowest BCUT2D eigenvalue weighted by molar-refractivity contribution is 0.0179. The Hall–Kier alpha value is -2.03. The molecule has 1 unspecified atom stereocenters. The number of morpholine rings is 1. The Morgan fingerprint density at radius 2 is 1.97 bits per heavy atom. The van der Waals surface area contributed by atoms with Crippen LogP contribution in [0.25, 0.3) is 0 Å². The fraction of sp³-hybridized carbons (Fsp3) is 0.708. The molecule has 1 aliphatic carbocycles. The molecule has 0 aromatic heterocycles. The molecule has 0 amide bonds. The first-order chi connectivity index (χ1) is 15.7. The summed E-state index contributed by atoms with van der Waals surface area (Å²) in [7, 11) is 5.41. The molecule has 1 aliphatic heterocycles. The predicted molar refractivity (Wildman–Crippen MR) is 127 cm³/mol. The second-order valence-corrected chi connectivity index (χ2v) is 8.41. The van der Waals surface area contributed by atoms with Crippen LogP contribution in [0.2, 0.25) is 0 Å². The molecule has 1 aromatic rings. The van der Waals surface area contributed by atoms with E-state index in [9.17, 15) is 0 Å². The highest BCUT2D eigenvalue weighted by molar-refractivity contribution is 5.79. The van der Waals surface area contributed by atoms with Crippen molar-refractivity contribution >= 4 is 5.96 Å². The molecule has 3 rings (SSSR count). The number of aliphatic imine (C=N–C) groups is 1. The molecule has 2 aliphatic rings. The van der Waals surface area contributed by atoms with Gasteiger partial charge in [-0.1, -0.05) is 6.07 Å². The number of likely N-dealkylation sites (N-methyl/N-ethyl adjacent to an activating group) is 1. The van der Waals surface area contributed by atoms with Crippen LogP contribution < -0.4 is 14.8 Å². The lowest BCUT2D eigenvalue weighted by atomic mass is 10.0. The monoisotopic (exact) mass is 448 g/mol.